The molecule has 1 amide bonds. The summed E-state index contributed by atoms with van der Waals surface area (Å²) in [5.74, 6) is -1.60. The van der Waals surface area contributed by atoms with E-state index in [9.17, 15) is 14.7 Å². The van der Waals surface area contributed by atoms with Gasteiger partial charge >= 0.3 is 5.97 Å². The van der Waals surface area contributed by atoms with Crippen LogP contribution in [0.5, 0.6) is 0 Å². The zero-order chi connectivity index (χ0) is 19.0. The molecule has 1 heterocycles. The SMILES string of the molecule is Cc1ccc(C)c(-n2ncc(C(=O)N(CC(C)C(=O)O)C3CC3)c2C)c1. The van der Waals surface area contributed by atoms with Gasteiger partial charge in [0.1, 0.15) is 0 Å². The molecular weight excluding hydrogens is 330 g/mol. The molecule has 1 N–H and O–H groups in total. The maximum absolute atomic E-state index is 13.1. The van der Waals surface area contributed by atoms with Gasteiger partial charge in [-0.3, -0.25) is 9.59 Å². The summed E-state index contributed by atoms with van der Waals surface area (Å²) in [6.45, 7) is 7.79. The molecule has 1 aliphatic rings. The fourth-order valence-corrected chi connectivity index (χ4v) is 3.12. The number of rotatable bonds is 6. The predicted octanol–water partition coefficient (Wildman–Crippen LogP) is 3.12. The summed E-state index contributed by atoms with van der Waals surface area (Å²) in [4.78, 5) is 26.0. The van der Waals surface area contributed by atoms with Crippen molar-refractivity contribution in [2.75, 3.05) is 6.54 Å². The molecule has 0 saturated heterocycles. The number of carbonyl (C=O) groups excluding carboxylic acids is 1. The number of aromatic nitrogens is 2. The van der Waals surface area contributed by atoms with Crippen LogP contribution in [0.1, 0.15) is 46.9 Å². The van der Waals surface area contributed by atoms with E-state index in [1.807, 2.05) is 32.9 Å². The van der Waals surface area contributed by atoms with Crippen LogP contribution in [0, 0.1) is 26.7 Å². The lowest BCUT2D eigenvalue weighted by Gasteiger charge is -2.24. The zero-order valence-corrected chi connectivity index (χ0v) is 15.7. The van der Waals surface area contributed by atoms with Crippen LogP contribution in [0.2, 0.25) is 0 Å². The molecule has 1 unspecified atom stereocenters. The highest BCUT2D eigenvalue weighted by atomic mass is 16.4. The van der Waals surface area contributed by atoms with E-state index in [-0.39, 0.29) is 18.5 Å². The van der Waals surface area contributed by atoms with E-state index < -0.39 is 11.9 Å². The Morgan fingerprint density at radius 1 is 1.31 bits per heavy atom. The standard InChI is InChI=1S/C20H25N3O3/c1-12-5-6-13(2)18(9-12)23-15(4)17(10-21-23)19(24)22(16-7-8-16)11-14(3)20(25)26/h5-6,9-10,14,16H,7-8,11H2,1-4H3,(H,25,26). The van der Waals surface area contributed by atoms with Crippen molar-refractivity contribution in [2.45, 2.75) is 46.6 Å². The fraction of sp³-hybridized carbons (Fsp3) is 0.450. The number of nitrogens with zero attached hydrogens (tertiary/aromatic N) is 3. The van der Waals surface area contributed by atoms with Crippen molar-refractivity contribution in [3.63, 3.8) is 0 Å². The van der Waals surface area contributed by atoms with Crippen LogP contribution in [0.15, 0.2) is 24.4 Å². The minimum atomic E-state index is -0.883. The molecule has 1 aromatic carbocycles. The highest BCUT2D eigenvalue weighted by molar-refractivity contribution is 5.96. The number of aliphatic carboxylic acids is 1. The molecule has 26 heavy (non-hydrogen) atoms. The summed E-state index contributed by atoms with van der Waals surface area (Å²) in [5.41, 5.74) is 4.48. The Morgan fingerprint density at radius 2 is 2.00 bits per heavy atom. The number of benzene rings is 1. The maximum Gasteiger partial charge on any atom is 0.308 e. The first-order chi connectivity index (χ1) is 12.3. The van der Waals surface area contributed by atoms with Gasteiger partial charge in [-0.25, -0.2) is 4.68 Å². The molecular formula is C20H25N3O3. The molecule has 6 nitrogen and oxygen atoms in total. The van der Waals surface area contributed by atoms with Gasteiger partial charge in [-0.05, 0) is 50.8 Å². The summed E-state index contributed by atoms with van der Waals surface area (Å²) >= 11 is 0. The molecule has 1 aromatic heterocycles. The van der Waals surface area contributed by atoms with Crippen molar-refractivity contribution >= 4 is 11.9 Å². The Kier molecular flexibility index (Phi) is 4.85. The number of carboxylic acid groups (broad SMARTS) is 1. The van der Waals surface area contributed by atoms with Crippen molar-refractivity contribution in [1.82, 2.24) is 14.7 Å². The fourth-order valence-electron chi connectivity index (χ4n) is 3.12. The molecule has 2 aromatic rings. The second kappa shape index (κ2) is 6.94. The Bertz CT molecular complexity index is 852. The first kappa shape index (κ1) is 18.2. The molecule has 1 fully saturated rings. The van der Waals surface area contributed by atoms with Crippen LogP contribution < -0.4 is 0 Å². The minimum absolute atomic E-state index is 0.130. The second-order valence-corrected chi connectivity index (χ2v) is 7.27. The normalized spacial score (nSPS) is 14.9. The van der Waals surface area contributed by atoms with Crippen LogP contribution in [0.3, 0.4) is 0 Å². The summed E-state index contributed by atoms with van der Waals surface area (Å²) in [7, 11) is 0. The van der Waals surface area contributed by atoms with E-state index >= 15 is 0 Å². The Labute approximate surface area is 153 Å². The highest BCUT2D eigenvalue weighted by Crippen LogP contribution is 2.30. The zero-order valence-electron chi connectivity index (χ0n) is 15.7. The van der Waals surface area contributed by atoms with E-state index in [0.29, 0.717) is 5.56 Å². The summed E-state index contributed by atoms with van der Waals surface area (Å²) in [6.07, 6.45) is 3.46. The Morgan fingerprint density at radius 3 is 2.62 bits per heavy atom. The first-order valence-electron chi connectivity index (χ1n) is 8.95. The molecule has 0 radical (unpaired) electrons. The molecule has 0 spiro atoms. The molecule has 0 bridgehead atoms. The molecule has 0 aliphatic heterocycles. The van der Waals surface area contributed by atoms with Crippen molar-refractivity contribution < 1.29 is 14.7 Å². The van der Waals surface area contributed by atoms with Gasteiger partial charge in [0.15, 0.2) is 0 Å². The van der Waals surface area contributed by atoms with Crippen LogP contribution in [-0.4, -0.2) is 44.3 Å². The Hall–Kier alpha value is -2.63. The molecule has 6 heteroatoms. The third-order valence-corrected chi connectivity index (χ3v) is 4.97. The van der Waals surface area contributed by atoms with Crippen LogP contribution in [0.4, 0.5) is 0 Å². The quantitative estimate of drug-likeness (QED) is 0.864. The van der Waals surface area contributed by atoms with Crippen LogP contribution in [-0.2, 0) is 4.79 Å². The second-order valence-electron chi connectivity index (χ2n) is 7.27. The third kappa shape index (κ3) is 3.49. The lowest BCUT2D eigenvalue weighted by molar-refractivity contribution is -0.141. The molecule has 1 saturated carbocycles. The number of amides is 1. The van der Waals surface area contributed by atoms with Gasteiger partial charge in [0.25, 0.3) is 5.91 Å². The van der Waals surface area contributed by atoms with Crippen molar-refractivity contribution in [1.29, 1.82) is 0 Å². The third-order valence-electron chi connectivity index (χ3n) is 4.97. The number of carbonyl (C=O) groups is 2. The van der Waals surface area contributed by atoms with E-state index in [4.69, 9.17) is 0 Å². The van der Waals surface area contributed by atoms with Gasteiger partial charge in [0, 0.05) is 12.6 Å². The van der Waals surface area contributed by atoms with Crippen LogP contribution >= 0.6 is 0 Å². The summed E-state index contributed by atoms with van der Waals surface area (Å²) in [6, 6.07) is 6.28. The summed E-state index contributed by atoms with van der Waals surface area (Å²) in [5, 5.41) is 13.6. The molecule has 3 rings (SSSR count). The number of hydrogen-bond acceptors (Lipinski definition) is 3. The first-order valence-corrected chi connectivity index (χ1v) is 8.95. The number of aryl methyl sites for hydroxylation is 2. The average Bonchev–Trinajstić information content (AvgIpc) is 3.36. The molecule has 1 aliphatic carbocycles. The predicted molar refractivity (Wildman–Crippen MR) is 98.6 cm³/mol. The molecule has 138 valence electrons. The van der Waals surface area contributed by atoms with Gasteiger partial charge in [0.2, 0.25) is 0 Å². The highest BCUT2D eigenvalue weighted by Gasteiger charge is 2.36. The largest absolute Gasteiger partial charge is 0.481 e. The van der Waals surface area contributed by atoms with E-state index in [0.717, 1.165) is 35.3 Å². The van der Waals surface area contributed by atoms with E-state index in [1.54, 1.807) is 22.7 Å². The van der Waals surface area contributed by atoms with E-state index in [2.05, 4.69) is 11.2 Å². The van der Waals surface area contributed by atoms with Gasteiger partial charge in [-0.1, -0.05) is 19.1 Å². The minimum Gasteiger partial charge on any atom is -0.481 e. The topological polar surface area (TPSA) is 75.4 Å². The maximum atomic E-state index is 13.1. The van der Waals surface area contributed by atoms with Gasteiger partial charge in [-0.15, -0.1) is 0 Å². The van der Waals surface area contributed by atoms with Gasteiger partial charge in [-0.2, -0.15) is 5.10 Å². The number of carboxylic acids is 1. The smallest absolute Gasteiger partial charge is 0.308 e. The van der Waals surface area contributed by atoms with Crippen molar-refractivity contribution in [3.05, 3.63) is 46.8 Å². The molecule has 1 atom stereocenters. The van der Waals surface area contributed by atoms with Crippen molar-refractivity contribution in [2.24, 2.45) is 5.92 Å². The lowest BCUT2D eigenvalue weighted by Crippen LogP contribution is -2.38. The summed E-state index contributed by atoms with van der Waals surface area (Å²) < 4.78 is 1.79. The van der Waals surface area contributed by atoms with Crippen molar-refractivity contribution in [3.8, 4) is 5.69 Å². The lowest BCUT2D eigenvalue weighted by atomic mass is 10.1. The van der Waals surface area contributed by atoms with Crippen LogP contribution in [0.25, 0.3) is 5.69 Å². The van der Waals surface area contributed by atoms with Gasteiger partial charge < -0.3 is 10.0 Å². The van der Waals surface area contributed by atoms with E-state index in [1.165, 1.54) is 0 Å². The van der Waals surface area contributed by atoms with Gasteiger partial charge in [0.05, 0.1) is 29.1 Å². The monoisotopic (exact) mass is 355 g/mol. The Balaban J connectivity index is 1.91. The number of hydrogen-bond donors (Lipinski definition) is 1. The average molecular weight is 355 g/mol.